The summed E-state index contributed by atoms with van der Waals surface area (Å²) in [6, 6.07) is 9.80. The molecule has 0 amide bonds. The first-order valence-corrected chi connectivity index (χ1v) is 10.4. The molecule has 0 bridgehead atoms. The first-order chi connectivity index (χ1) is 13.3. The summed E-state index contributed by atoms with van der Waals surface area (Å²) < 4.78 is 7.98. The van der Waals surface area contributed by atoms with Crippen LogP contribution in [0.1, 0.15) is 49.7 Å². The zero-order chi connectivity index (χ0) is 18.5. The number of hydrogen-bond donors (Lipinski definition) is 0. The van der Waals surface area contributed by atoms with Crippen molar-refractivity contribution < 1.29 is 4.42 Å². The van der Waals surface area contributed by atoms with E-state index in [0.717, 1.165) is 23.1 Å². The summed E-state index contributed by atoms with van der Waals surface area (Å²) in [7, 11) is 0. The molecule has 0 atom stereocenters. The molecule has 0 aliphatic heterocycles. The van der Waals surface area contributed by atoms with E-state index < -0.39 is 0 Å². The summed E-state index contributed by atoms with van der Waals surface area (Å²) in [5.74, 6) is 3.30. The van der Waals surface area contributed by atoms with Gasteiger partial charge in [0.2, 0.25) is 11.8 Å². The Morgan fingerprint density at radius 2 is 1.89 bits per heavy atom. The highest BCUT2D eigenvalue weighted by molar-refractivity contribution is 7.98. The summed E-state index contributed by atoms with van der Waals surface area (Å²) in [6.45, 7) is 4.61. The predicted octanol–water partition coefficient (Wildman–Crippen LogP) is 4.85. The van der Waals surface area contributed by atoms with Crippen LogP contribution in [-0.4, -0.2) is 25.0 Å². The van der Waals surface area contributed by atoms with E-state index in [9.17, 15) is 0 Å². The molecule has 140 valence electrons. The van der Waals surface area contributed by atoms with Crippen molar-refractivity contribution in [1.29, 1.82) is 0 Å². The Morgan fingerprint density at radius 1 is 1.07 bits per heavy atom. The normalized spacial score (nSPS) is 15.1. The quantitative estimate of drug-likeness (QED) is 0.430. The SMILES string of the molecule is C=CCn1c(SCc2nnc(-c3ccccc3)o2)nnc1C1CCCCC1. The Morgan fingerprint density at radius 3 is 2.67 bits per heavy atom. The zero-order valence-corrected chi connectivity index (χ0v) is 16.1. The van der Waals surface area contributed by atoms with Crippen LogP contribution in [0.25, 0.3) is 11.5 Å². The topological polar surface area (TPSA) is 69.6 Å². The number of allylic oxidation sites excluding steroid dienone is 1. The minimum atomic E-state index is 0.508. The number of nitrogens with zero attached hydrogens (tertiary/aromatic N) is 5. The molecule has 7 heteroatoms. The standard InChI is InChI=1S/C20H23N5OS/c1-2-13-25-18(15-9-5-3-6-10-15)22-24-20(25)27-14-17-21-23-19(26-17)16-11-7-4-8-12-16/h2,4,7-8,11-12,15H,1,3,5-6,9-10,13-14H2. The van der Waals surface area contributed by atoms with Gasteiger partial charge in [0.05, 0.1) is 5.75 Å². The molecular formula is C20H23N5OS. The molecule has 1 aliphatic rings. The first-order valence-electron chi connectivity index (χ1n) is 9.39. The maximum absolute atomic E-state index is 5.79. The molecule has 0 N–H and O–H groups in total. The summed E-state index contributed by atoms with van der Waals surface area (Å²) in [5.41, 5.74) is 0.927. The maximum Gasteiger partial charge on any atom is 0.247 e. The van der Waals surface area contributed by atoms with E-state index in [1.165, 1.54) is 32.1 Å². The van der Waals surface area contributed by atoms with Gasteiger partial charge in [-0.15, -0.1) is 27.0 Å². The van der Waals surface area contributed by atoms with Gasteiger partial charge in [0.1, 0.15) is 5.82 Å². The van der Waals surface area contributed by atoms with Crippen LogP contribution in [-0.2, 0) is 12.3 Å². The van der Waals surface area contributed by atoms with Crippen LogP contribution in [0.15, 0.2) is 52.6 Å². The smallest absolute Gasteiger partial charge is 0.247 e. The average molecular weight is 382 g/mol. The van der Waals surface area contributed by atoms with Gasteiger partial charge in [-0.2, -0.15) is 0 Å². The summed E-state index contributed by atoms with van der Waals surface area (Å²) in [6.07, 6.45) is 8.18. The molecule has 4 rings (SSSR count). The number of benzene rings is 1. The lowest BCUT2D eigenvalue weighted by atomic mass is 9.89. The van der Waals surface area contributed by atoms with E-state index in [0.29, 0.717) is 23.5 Å². The predicted molar refractivity (Wildman–Crippen MR) is 105 cm³/mol. The molecular weight excluding hydrogens is 358 g/mol. The van der Waals surface area contributed by atoms with Crippen LogP contribution >= 0.6 is 11.8 Å². The van der Waals surface area contributed by atoms with Crippen LogP contribution in [0.2, 0.25) is 0 Å². The molecule has 3 aromatic rings. The van der Waals surface area contributed by atoms with Crippen molar-refractivity contribution in [2.75, 3.05) is 0 Å². The van der Waals surface area contributed by atoms with Crippen LogP contribution < -0.4 is 0 Å². The summed E-state index contributed by atoms with van der Waals surface area (Å²) in [4.78, 5) is 0. The molecule has 0 radical (unpaired) electrons. The Kier molecular flexibility index (Phi) is 5.67. The fraction of sp³-hybridized carbons (Fsp3) is 0.400. The maximum atomic E-state index is 5.79. The third kappa shape index (κ3) is 4.13. The molecule has 1 saturated carbocycles. The molecule has 1 fully saturated rings. The van der Waals surface area contributed by atoms with Crippen LogP contribution in [0, 0.1) is 0 Å². The van der Waals surface area contributed by atoms with Gasteiger partial charge in [-0.05, 0) is 25.0 Å². The fourth-order valence-corrected chi connectivity index (χ4v) is 4.30. The number of aromatic nitrogens is 5. The second-order valence-electron chi connectivity index (χ2n) is 6.73. The summed E-state index contributed by atoms with van der Waals surface area (Å²) >= 11 is 1.58. The molecule has 0 saturated heterocycles. The Hall–Kier alpha value is -2.41. The Bertz CT molecular complexity index is 883. The van der Waals surface area contributed by atoms with Crippen molar-refractivity contribution in [3.05, 3.63) is 54.7 Å². The molecule has 2 heterocycles. The highest BCUT2D eigenvalue weighted by atomic mass is 32.2. The second kappa shape index (κ2) is 8.52. The van der Waals surface area contributed by atoms with Gasteiger partial charge in [-0.1, -0.05) is 55.3 Å². The fourth-order valence-electron chi connectivity index (χ4n) is 3.51. The zero-order valence-electron chi connectivity index (χ0n) is 15.3. The van der Waals surface area contributed by atoms with E-state index in [1.54, 1.807) is 11.8 Å². The van der Waals surface area contributed by atoms with Crippen molar-refractivity contribution in [3.8, 4) is 11.5 Å². The van der Waals surface area contributed by atoms with Crippen LogP contribution in [0.3, 0.4) is 0 Å². The van der Waals surface area contributed by atoms with Crippen LogP contribution in [0.5, 0.6) is 0 Å². The van der Waals surface area contributed by atoms with Gasteiger partial charge in [0.25, 0.3) is 0 Å². The van der Waals surface area contributed by atoms with E-state index in [1.807, 2.05) is 36.4 Å². The third-order valence-electron chi connectivity index (χ3n) is 4.84. The lowest BCUT2D eigenvalue weighted by molar-refractivity contribution is 0.415. The van der Waals surface area contributed by atoms with E-state index in [4.69, 9.17) is 4.42 Å². The number of thioether (sulfide) groups is 1. The van der Waals surface area contributed by atoms with Crippen molar-refractivity contribution in [1.82, 2.24) is 25.0 Å². The molecule has 0 unspecified atom stereocenters. The highest BCUT2D eigenvalue weighted by Crippen LogP contribution is 2.33. The van der Waals surface area contributed by atoms with E-state index in [2.05, 4.69) is 31.5 Å². The molecule has 0 spiro atoms. The molecule has 1 aromatic carbocycles. The second-order valence-corrected chi connectivity index (χ2v) is 7.67. The van der Waals surface area contributed by atoms with Crippen LogP contribution in [0.4, 0.5) is 0 Å². The van der Waals surface area contributed by atoms with Gasteiger partial charge >= 0.3 is 0 Å². The van der Waals surface area contributed by atoms with E-state index in [-0.39, 0.29) is 0 Å². The van der Waals surface area contributed by atoms with Gasteiger partial charge < -0.3 is 8.98 Å². The highest BCUT2D eigenvalue weighted by Gasteiger charge is 2.23. The molecule has 1 aliphatic carbocycles. The third-order valence-corrected chi connectivity index (χ3v) is 5.79. The molecule has 6 nitrogen and oxygen atoms in total. The van der Waals surface area contributed by atoms with Crippen molar-refractivity contribution in [2.45, 2.75) is 55.5 Å². The Labute approximate surface area is 163 Å². The minimum Gasteiger partial charge on any atom is -0.420 e. The number of rotatable bonds is 7. The minimum absolute atomic E-state index is 0.508. The Balaban J connectivity index is 1.47. The van der Waals surface area contributed by atoms with Crippen molar-refractivity contribution in [3.63, 3.8) is 0 Å². The average Bonchev–Trinajstić information content (AvgIpc) is 3.35. The van der Waals surface area contributed by atoms with Gasteiger partial charge in [0.15, 0.2) is 5.16 Å². The van der Waals surface area contributed by atoms with Gasteiger partial charge in [0, 0.05) is 18.0 Å². The van der Waals surface area contributed by atoms with Crippen molar-refractivity contribution >= 4 is 11.8 Å². The number of hydrogen-bond acceptors (Lipinski definition) is 6. The largest absolute Gasteiger partial charge is 0.420 e. The van der Waals surface area contributed by atoms with Gasteiger partial charge in [-0.3, -0.25) is 0 Å². The lowest BCUT2D eigenvalue weighted by Crippen LogP contribution is -2.12. The first kappa shape index (κ1) is 18.0. The van der Waals surface area contributed by atoms with E-state index >= 15 is 0 Å². The monoisotopic (exact) mass is 381 g/mol. The van der Waals surface area contributed by atoms with Crippen molar-refractivity contribution in [2.24, 2.45) is 0 Å². The molecule has 27 heavy (non-hydrogen) atoms. The van der Waals surface area contributed by atoms with Gasteiger partial charge in [-0.25, -0.2) is 0 Å². The molecule has 2 aromatic heterocycles. The lowest BCUT2D eigenvalue weighted by Gasteiger charge is -2.21. The summed E-state index contributed by atoms with van der Waals surface area (Å²) in [5, 5.41) is 18.1.